The molecule has 0 fully saturated rings. The molecule has 0 spiro atoms. The molecular formula is C22H21ClN6O. The molecule has 30 heavy (non-hydrogen) atoms. The van der Waals surface area contributed by atoms with Gasteiger partial charge in [0, 0.05) is 22.5 Å². The van der Waals surface area contributed by atoms with Crippen LogP contribution in [-0.2, 0) is 6.54 Å². The smallest absolute Gasteiger partial charge is 0.290 e. The number of hydrazone groups is 1. The summed E-state index contributed by atoms with van der Waals surface area (Å²) >= 11 is 6.27. The van der Waals surface area contributed by atoms with Gasteiger partial charge in [0.05, 0.1) is 24.1 Å². The van der Waals surface area contributed by atoms with E-state index in [9.17, 15) is 4.79 Å². The van der Waals surface area contributed by atoms with Crippen molar-refractivity contribution >= 4 is 29.4 Å². The van der Waals surface area contributed by atoms with Crippen LogP contribution in [0.15, 0.2) is 53.8 Å². The molecule has 0 unspecified atom stereocenters. The summed E-state index contributed by atoms with van der Waals surface area (Å²) in [6.07, 6.45) is 3.43. The monoisotopic (exact) mass is 420 g/mol. The Kier molecular flexibility index (Phi) is 5.37. The molecule has 4 rings (SSSR count). The number of nitrogens with one attached hydrogen (secondary N) is 1. The number of hydrogen-bond acceptors (Lipinski definition) is 4. The molecule has 0 bridgehead atoms. The van der Waals surface area contributed by atoms with Crippen LogP contribution in [-0.4, -0.2) is 31.3 Å². The molecule has 0 aliphatic carbocycles. The molecule has 1 amide bonds. The Bertz CT molecular complexity index is 1270. The van der Waals surface area contributed by atoms with Crippen LogP contribution >= 0.6 is 11.6 Å². The molecule has 0 atom stereocenters. The van der Waals surface area contributed by atoms with E-state index in [1.54, 1.807) is 23.7 Å². The van der Waals surface area contributed by atoms with Crippen LogP contribution in [0.3, 0.4) is 0 Å². The van der Waals surface area contributed by atoms with E-state index in [1.807, 2.05) is 61.0 Å². The molecule has 7 nitrogen and oxygen atoms in total. The van der Waals surface area contributed by atoms with E-state index in [0.717, 1.165) is 28.2 Å². The van der Waals surface area contributed by atoms with Crippen molar-refractivity contribution in [3.63, 3.8) is 0 Å². The van der Waals surface area contributed by atoms with Crippen molar-refractivity contribution in [1.29, 1.82) is 0 Å². The number of carbonyl (C=O) groups excluding carboxylic acids is 1. The Morgan fingerprint density at radius 2 is 1.90 bits per heavy atom. The van der Waals surface area contributed by atoms with Gasteiger partial charge in [-0.1, -0.05) is 35.9 Å². The van der Waals surface area contributed by atoms with E-state index in [1.165, 1.54) is 0 Å². The highest BCUT2D eigenvalue weighted by Crippen LogP contribution is 2.19. The van der Waals surface area contributed by atoms with Gasteiger partial charge in [0.2, 0.25) is 0 Å². The molecule has 3 heterocycles. The first-order valence-electron chi connectivity index (χ1n) is 9.50. The van der Waals surface area contributed by atoms with Crippen molar-refractivity contribution < 1.29 is 4.79 Å². The first kappa shape index (κ1) is 19.8. The third-order valence-corrected chi connectivity index (χ3v) is 5.36. The Hall–Kier alpha value is -3.45. The fraction of sp³-hybridized carbons (Fsp3) is 0.182. The highest BCUT2D eigenvalue weighted by molar-refractivity contribution is 6.31. The SMILES string of the molecule is Cc1nn(Cc2ccccc2Cl)c(C)c1/C=N\NC(=O)c1c(C)nc2ccccn12. The number of rotatable bonds is 5. The molecule has 0 radical (unpaired) electrons. The Balaban J connectivity index is 1.53. The maximum absolute atomic E-state index is 12.7. The highest BCUT2D eigenvalue weighted by Gasteiger charge is 2.16. The van der Waals surface area contributed by atoms with E-state index in [4.69, 9.17) is 11.6 Å². The molecule has 1 N–H and O–H groups in total. The van der Waals surface area contributed by atoms with Gasteiger partial charge in [0.25, 0.3) is 5.91 Å². The van der Waals surface area contributed by atoms with Crippen LogP contribution in [0.2, 0.25) is 5.02 Å². The van der Waals surface area contributed by atoms with Crippen LogP contribution < -0.4 is 5.43 Å². The lowest BCUT2D eigenvalue weighted by atomic mass is 10.2. The number of imidazole rings is 1. The van der Waals surface area contributed by atoms with Crippen molar-refractivity contribution in [2.45, 2.75) is 27.3 Å². The zero-order valence-electron chi connectivity index (χ0n) is 16.9. The topological polar surface area (TPSA) is 76.6 Å². The molecule has 4 aromatic rings. The predicted molar refractivity (Wildman–Crippen MR) is 117 cm³/mol. The summed E-state index contributed by atoms with van der Waals surface area (Å²) < 4.78 is 3.63. The molecule has 1 aromatic carbocycles. The third kappa shape index (κ3) is 3.71. The van der Waals surface area contributed by atoms with E-state index >= 15 is 0 Å². The average Bonchev–Trinajstić information content (AvgIpc) is 3.19. The second kappa shape index (κ2) is 8.12. The minimum atomic E-state index is -0.318. The lowest BCUT2D eigenvalue weighted by Gasteiger charge is -2.06. The molecular weight excluding hydrogens is 400 g/mol. The number of aryl methyl sites for hydroxylation is 2. The predicted octanol–water partition coefficient (Wildman–Crippen LogP) is 3.92. The number of nitrogens with zero attached hydrogens (tertiary/aromatic N) is 5. The van der Waals surface area contributed by atoms with Crippen LogP contribution in [0.4, 0.5) is 0 Å². The van der Waals surface area contributed by atoms with Gasteiger partial charge in [0.15, 0.2) is 0 Å². The second-order valence-corrected chi connectivity index (χ2v) is 7.41. The molecule has 0 saturated heterocycles. The largest absolute Gasteiger partial charge is 0.295 e. The van der Waals surface area contributed by atoms with Crippen molar-refractivity contribution in [1.82, 2.24) is 24.6 Å². The minimum absolute atomic E-state index is 0.318. The van der Waals surface area contributed by atoms with Gasteiger partial charge in [-0.3, -0.25) is 13.9 Å². The van der Waals surface area contributed by atoms with E-state index < -0.39 is 0 Å². The van der Waals surface area contributed by atoms with Crippen LogP contribution in [0.1, 0.15) is 38.7 Å². The lowest BCUT2D eigenvalue weighted by Crippen LogP contribution is -2.20. The van der Waals surface area contributed by atoms with Crippen LogP contribution in [0.25, 0.3) is 5.65 Å². The molecule has 0 aliphatic rings. The molecule has 8 heteroatoms. The third-order valence-electron chi connectivity index (χ3n) is 4.99. The minimum Gasteiger partial charge on any atom is -0.295 e. The van der Waals surface area contributed by atoms with E-state index in [0.29, 0.717) is 23.0 Å². The van der Waals surface area contributed by atoms with Crippen molar-refractivity contribution in [2.24, 2.45) is 5.10 Å². The first-order valence-corrected chi connectivity index (χ1v) is 9.88. The highest BCUT2D eigenvalue weighted by atomic mass is 35.5. The second-order valence-electron chi connectivity index (χ2n) is 7.01. The normalized spacial score (nSPS) is 11.5. The van der Waals surface area contributed by atoms with E-state index in [-0.39, 0.29) is 5.91 Å². The molecule has 3 aromatic heterocycles. The summed E-state index contributed by atoms with van der Waals surface area (Å²) in [5.74, 6) is -0.318. The number of halogens is 1. The molecule has 0 saturated carbocycles. The van der Waals surface area contributed by atoms with Crippen molar-refractivity contribution in [2.75, 3.05) is 0 Å². The average molecular weight is 421 g/mol. The number of aromatic nitrogens is 4. The number of fused-ring (bicyclic) bond motifs is 1. The summed E-state index contributed by atoms with van der Waals surface area (Å²) in [5, 5.41) is 9.45. The number of amides is 1. The molecule has 152 valence electrons. The van der Waals surface area contributed by atoms with Crippen LogP contribution in [0, 0.1) is 20.8 Å². The first-order chi connectivity index (χ1) is 14.5. The van der Waals surface area contributed by atoms with Gasteiger partial charge in [-0.25, -0.2) is 10.4 Å². The Morgan fingerprint density at radius 3 is 2.70 bits per heavy atom. The Morgan fingerprint density at radius 1 is 1.13 bits per heavy atom. The number of hydrogen-bond donors (Lipinski definition) is 1. The van der Waals surface area contributed by atoms with Gasteiger partial charge in [-0.15, -0.1) is 0 Å². The summed E-state index contributed by atoms with van der Waals surface area (Å²) in [5.41, 5.74) is 8.04. The lowest BCUT2D eigenvalue weighted by molar-refractivity contribution is 0.0948. The number of pyridine rings is 1. The summed E-state index contributed by atoms with van der Waals surface area (Å²) in [6, 6.07) is 13.3. The fourth-order valence-electron chi connectivity index (χ4n) is 3.43. The molecule has 0 aliphatic heterocycles. The van der Waals surface area contributed by atoms with Gasteiger partial charge >= 0.3 is 0 Å². The van der Waals surface area contributed by atoms with Crippen molar-refractivity contribution in [3.05, 3.63) is 87.6 Å². The summed E-state index contributed by atoms with van der Waals surface area (Å²) in [4.78, 5) is 17.1. The Labute approximate surface area is 179 Å². The quantitative estimate of drug-likeness (QED) is 0.392. The zero-order valence-corrected chi connectivity index (χ0v) is 17.7. The number of benzene rings is 1. The zero-order chi connectivity index (χ0) is 21.3. The van der Waals surface area contributed by atoms with Gasteiger partial charge in [-0.2, -0.15) is 10.2 Å². The van der Waals surface area contributed by atoms with Gasteiger partial charge in [0.1, 0.15) is 11.3 Å². The fourth-order valence-corrected chi connectivity index (χ4v) is 3.63. The maximum Gasteiger partial charge on any atom is 0.290 e. The van der Waals surface area contributed by atoms with Gasteiger partial charge < -0.3 is 0 Å². The summed E-state index contributed by atoms with van der Waals surface area (Å²) in [7, 11) is 0. The van der Waals surface area contributed by atoms with E-state index in [2.05, 4.69) is 20.6 Å². The van der Waals surface area contributed by atoms with Gasteiger partial charge in [-0.05, 0) is 44.5 Å². The maximum atomic E-state index is 12.7. The van der Waals surface area contributed by atoms with Crippen LogP contribution in [0.5, 0.6) is 0 Å². The standard InChI is InChI=1S/C22H21ClN6O/c1-14-18(16(3)29(27-14)13-17-8-4-5-9-19(17)23)12-24-26-22(30)21-15(2)25-20-10-6-7-11-28(20)21/h4-12H,13H2,1-3H3,(H,26,30)/b24-12-. The number of carbonyl (C=O) groups is 1. The van der Waals surface area contributed by atoms with Crippen molar-refractivity contribution in [3.8, 4) is 0 Å². The summed E-state index contributed by atoms with van der Waals surface area (Å²) in [6.45, 7) is 6.24.